The molecule has 34 heavy (non-hydrogen) atoms. The first-order valence-electron chi connectivity index (χ1n) is 12.0. The molecule has 0 radical (unpaired) electrons. The lowest BCUT2D eigenvalue weighted by Crippen LogP contribution is -2.44. The molecule has 2 rings (SSSR count). The molecule has 5 N–H and O–H groups in total. The van der Waals surface area contributed by atoms with Gasteiger partial charge in [0.25, 0.3) is 0 Å². The number of amides is 1. The largest absolute Gasteiger partial charge is 0.387 e. The van der Waals surface area contributed by atoms with Crippen molar-refractivity contribution in [2.45, 2.75) is 59.0 Å². The minimum atomic E-state index is -0.350. The zero-order valence-corrected chi connectivity index (χ0v) is 21.5. The molecular formula is C26H43N7O. The number of nitrogens with zero attached hydrogens (tertiary/aromatic N) is 3. The molecule has 1 aliphatic heterocycles. The zero-order chi connectivity index (χ0) is 25.5. The SMILES string of the molecule is C=C(NCCCNC(=O)CN1C=NC(c2ccc(C)cc2)=CC1CC)C(C=N)N(C)N.CCC. The van der Waals surface area contributed by atoms with Crippen LogP contribution in [0.2, 0.25) is 0 Å². The van der Waals surface area contributed by atoms with Crippen molar-refractivity contribution in [3.8, 4) is 0 Å². The molecule has 0 fully saturated rings. The molecule has 1 aliphatic rings. The van der Waals surface area contributed by atoms with Crippen LogP contribution in [0.3, 0.4) is 0 Å². The van der Waals surface area contributed by atoms with E-state index in [1.165, 1.54) is 23.2 Å². The minimum absolute atomic E-state index is 0.0324. The lowest BCUT2D eigenvalue weighted by atomic mass is 10.0. The molecule has 0 saturated carbocycles. The molecule has 2 unspecified atom stereocenters. The van der Waals surface area contributed by atoms with E-state index in [4.69, 9.17) is 11.3 Å². The summed E-state index contributed by atoms with van der Waals surface area (Å²) in [7, 11) is 1.69. The first-order chi connectivity index (χ1) is 16.3. The van der Waals surface area contributed by atoms with Gasteiger partial charge in [0.2, 0.25) is 5.91 Å². The number of carbonyl (C=O) groups excluding carboxylic acids is 1. The summed E-state index contributed by atoms with van der Waals surface area (Å²) in [6, 6.07) is 8.10. The number of benzene rings is 1. The summed E-state index contributed by atoms with van der Waals surface area (Å²) >= 11 is 0. The Morgan fingerprint density at radius 1 is 1.26 bits per heavy atom. The normalized spacial score (nSPS) is 15.7. The number of aliphatic imine (C=N–C) groups is 1. The summed E-state index contributed by atoms with van der Waals surface area (Å²) in [5, 5.41) is 14.9. The van der Waals surface area contributed by atoms with Crippen LogP contribution in [-0.4, -0.2) is 67.1 Å². The van der Waals surface area contributed by atoms with E-state index in [9.17, 15) is 4.79 Å². The second-order valence-electron chi connectivity index (χ2n) is 8.45. The van der Waals surface area contributed by atoms with Gasteiger partial charge in [-0.05, 0) is 31.4 Å². The Labute approximate surface area is 205 Å². The number of hydrazine groups is 1. The molecule has 0 saturated heterocycles. The van der Waals surface area contributed by atoms with Crippen molar-refractivity contribution in [3.63, 3.8) is 0 Å². The molecule has 0 spiro atoms. The Bertz CT molecular complexity index is 830. The number of nitrogens with one attached hydrogen (secondary N) is 3. The summed E-state index contributed by atoms with van der Waals surface area (Å²) in [4.78, 5) is 18.9. The van der Waals surface area contributed by atoms with Crippen LogP contribution in [-0.2, 0) is 4.79 Å². The Hall–Kier alpha value is -2.97. The molecule has 188 valence electrons. The number of likely N-dealkylation sites (N-methyl/N-ethyl adjacent to an activating group) is 1. The van der Waals surface area contributed by atoms with E-state index in [1.54, 1.807) is 13.4 Å². The van der Waals surface area contributed by atoms with E-state index in [1.807, 2.05) is 4.90 Å². The van der Waals surface area contributed by atoms with Gasteiger partial charge in [-0.15, -0.1) is 0 Å². The predicted molar refractivity (Wildman–Crippen MR) is 144 cm³/mol. The molecule has 1 aromatic carbocycles. The first kappa shape index (κ1) is 29.1. The second kappa shape index (κ2) is 15.8. The summed E-state index contributed by atoms with van der Waals surface area (Å²) in [6.07, 6.45) is 8.02. The maximum Gasteiger partial charge on any atom is 0.239 e. The molecule has 1 aromatic rings. The van der Waals surface area contributed by atoms with Gasteiger partial charge in [0.05, 0.1) is 30.7 Å². The highest BCUT2D eigenvalue weighted by atomic mass is 16.2. The quantitative estimate of drug-likeness (QED) is 0.162. The topological polar surface area (TPSA) is 110 Å². The fraction of sp³-hybridized carbons (Fsp3) is 0.500. The van der Waals surface area contributed by atoms with Gasteiger partial charge in [0.15, 0.2) is 0 Å². The Morgan fingerprint density at radius 3 is 2.44 bits per heavy atom. The summed E-state index contributed by atoms with van der Waals surface area (Å²) in [5.74, 6) is 5.65. The van der Waals surface area contributed by atoms with Crippen LogP contribution in [0, 0.1) is 12.3 Å². The number of aryl methyl sites for hydroxylation is 1. The van der Waals surface area contributed by atoms with Crippen LogP contribution >= 0.6 is 0 Å². The van der Waals surface area contributed by atoms with Crippen LogP contribution in [0.5, 0.6) is 0 Å². The standard InChI is InChI=1S/C23H35N7O.C3H8/c1-5-20-13-21(19-9-7-17(2)8-10-19)28-16-30(20)15-23(31)27-12-6-11-26-18(3)22(14-24)29(4)25;1-3-2/h7-10,13-14,16,20,22,24,26H,3,5-6,11-12,15,25H2,1-2,4H3,(H,27,31);3H2,1-2H3. The van der Waals surface area contributed by atoms with Crippen LogP contribution in [0.25, 0.3) is 5.70 Å². The minimum Gasteiger partial charge on any atom is -0.387 e. The molecular weight excluding hydrogens is 426 g/mol. The van der Waals surface area contributed by atoms with Gasteiger partial charge in [-0.25, -0.2) is 10.0 Å². The van der Waals surface area contributed by atoms with Crippen LogP contribution < -0.4 is 16.5 Å². The lowest BCUT2D eigenvalue weighted by Gasteiger charge is -2.29. The number of hydrogen-bond acceptors (Lipinski definition) is 7. The van der Waals surface area contributed by atoms with E-state index < -0.39 is 0 Å². The van der Waals surface area contributed by atoms with Gasteiger partial charge in [0, 0.05) is 32.0 Å². The monoisotopic (exact) mass is 469 g/mol. The average Bonchev–Trinajstić information content (AvgIpc) is 2.80. The lowest BCUT2D eigenvalue weighted by molar-refractivity contribution is -0.121. The maximum absolute atomic E-state index is 12.4. The second-order valence-corrected chi connectivity index (χ2v) is 8.45. The smallest absolute Gasteiger partial charge is 0.239 e. The average molecular weight is 470 g/mol. The Morgan fingerprint density at radius 2 is 1.88 bits per heavy atom. The van der Waals surface area contributed by atoms with E-state index >= 15 is 0 Å². The van der Waals surface area contributed by atoms with Crippen LogP contribution in [0.15, 0.2) is 47.6 Å². The third-order valence-electron chi connectivity index (χ3n) is 5.19. The molecule has 1 heterocycles. The van der Waals surface area contributed by atoms with Gasteiger partial charge in [0.1, 0.15) is 0 Å². The van der Waals surface area contributed by atoms with Crippen molar-refractivity contribution in [3.05, 3.63) is 53.7 Å². The number of hydrogen-bond donors (Lipinski definition) is 4. The van der Waals surface area contributed by atoms with Gasteiger partial charge in [-0.2, -0.15) is 0 Å². The highest BCUT2D eigenvalue weighted by Crippen LogP contribution is 2.22. The van der Waals surface area contributed by atoms with Gasteiger partial charge in [-0.1, -0.05) is 63.6 Å². The summed E-state index contributed by atoms with van der Waals surface area (Å²) < 4.78 is 0. The number of rotatable bonds is 12. The number of nitrogens with two attached hydrogens (primary N) is 1. The molecule has 2 atom stereocenters. The highest BCUT2D eigenvalue weighted by Gasteiger charge is 2.20. The maximum atomic E-state index is 12.4. The van der Waals surface area contributed by atoms with Crippen molar-refractivity contribution in [1.82, 2.24) is 20.5 Å². The van der Waals surface area contributed by atoms with Crippen molar-refractivity contribution < 1.29 is 4.79 Å². The van der Waals surface area contributed by atoms with E-state index in [0.717, 1.165) is 24.1 Å². The summed E-state index contributed by atoms with van der Waals surface area (Å²) in [5.41, 5.74) is 3.92. The molecule has 0 bridgehead atoms. The predicted octanol–water partition coefficient (Wildman–Crippen LogP) is 3.31. The molecule has 1 amide bonds. The fourth-order valence-electron chi connectivity index (χ4n) is 3.30. The Balaban J connectivity index is 0.00000182. The van der Waals surface area contributed by atoms with Crippen molar-refractivity contribution in [2.75, 3.05) is 26.7 Å². The fourth-order valence-corrected chi connectivity index (χ4v) is 3.30. The van der Waals surface area contributed by atoms with Crippen molar-refractivity contribution >= 4 is 24.2 Å². The third kappa shape index (κ3) is 9.89. The molecule has 8 heteroatoms. The van der Waals surface area contributed by atoms with E-state index in [0.29, 0.717) is 18.8 Å². The Kier molecular flexibility index (Phi) is 13.5. The molecule has 8 nitrogen and oxygen atoms in total. The molecule has 0 aromatic heterocycles. The summed E-state index contributed by atoms with van der Waals surface area (Å²) in [6.45, 7) is 13.8. The van der Waals surface area contributed by atoms with Crippen LogP contribution in [0.4, 0.5) is 0 Å². The van der Waals surface area contributed by atoms with Crippen molar-refractivity contribution in [2.24, 2.45) is 10.8 Å². The third-order valence-corrected chi connectivity index (χ3v) is 5.19. The van der Waals surface area contributed by atoms with E-state index in [-0.39, 0.29) is 24.5 Å². The van der Waals surface area contributed by atoms with E-state index in [2.05, 4.69) is 80.2 Å². The van der Waals surface area contributed by atoms with Gasteiger partial charge < -0.3 is 20.9 Å². The zero-order valence-electron chi connectivity index (χ0n) is 21.5. The molecule has 0 aliphatic carbocycles. The van der Waals surface area contributed by atoms with Crippen molar-refractivity contribution in [1.29, 1.82) is 5.41 Å². The first-order valence-corrected chi connectivity index (χ1v) is 12.0. The van der Waals surface area contributed by atoms with Gasteiger partial charge in [-0.3, -0.25) is 10.6 Å². The van der Waals surface area contributed by atoms with Gasteiger partial charge >= 0.3 is 0 Å². The number of carbonyl (C=O) groups is 1. The van der Waals surface area contributed by atoms with Crippen LogP contribution in [0.1, 0.15) is 51.2 Å². The highest BCUT2D eigenvalue weighted by molar-refractivity contribution is 5.83.